The molecule has 0 saturated carbocycles. The van der Waals surface area contributed by atoms with Crippen LogP contribution in [0.5, 0.6) is 0 Å². The molecule has 2 aromatic heterocycles. The lowest BCUT2D eigenvalue weighted by Gasteiger charge is -2.08. The molecule has 0 aliphatic heterocycles. The average Bonchev–Trinajstić information content (AvgIpc) is 2.90. The predicted molar refractivity (Wildman–Crippen MR) is 77.9 cm³/mol. The van der Waals surface area contributed by atoms with E-state index in [9.17, 15) is 5.11 Å². The smallest absolute Gasteiger partial charge is 0.181 e. The summed E-state index contributed by atoms with van der Waals surface area (Å²) in [6.45, 7) is 1.71. The van der Waals surface area contributed by atoms with Crippen LogP contribution in [0, 0.1) is 0 Å². The number of hydrogen-bond acceptors (Lipinski definition) is 5. The molecule has 0 amide bonds. The minimum Gasteiger partial charge on any atom is -0.389 e. The molecule has 0 bridgehead atoms. The second kappa shape index (κ2) is 5.40. The van der Waals surface area contributed by atoms with Gasteiger partial charge in [-0.1, -0.05) is 29.4 Å². The van der Waals surface area contributed by atoms with E-state index in [4.69, 9.17) is 11.6 Å². The molecule has 0 aliphatic rings. The fraction of sp³-hybridized carbons (Fsp3) is 0.154. The first kappa shape index (κ1) is 13.4. The van der Waals surface area contributed by atoms with Crippen LogP contribution in [0.4, 0.5) is 0 Å². The van der Waals surface area contributed by atoms with Crippen LogP contribution >= 0.6 is 23.4 Å². The Morgan fingerprint density at radius 1 is 1.30 bits per heavy atom. The van der Waals surface area contributed by atoms with Gasteiger partial charge in [0.25, 0.3) is 0 Å². The Morgan fingerprint density at radius 2 is 2.15 bits per heavy atom. The minimum atomic E-state index is -0.537. The van der Waals surface area contributed by atoms with Crippen LogP contribution in [0.15, 0.2) is 40.8 Å². The van der Waals surface area contributed by atoms with Gasteiger partial charge in [0.1, 0.15) is 16.9 Å². The zero-order valence-corrected chi connectivity index (χ0v) is 12.1. The number of aliphatic hydroxyl groups excluding tert-OH is 1. The van der Waals surface area contributed by atoms with Crippen LogP contribution in [0.25, 0.3) is 11.2 Å². The lowest BCUT2D eigenvalue weighted by atomic mass is 10.1. The number of benzene rings is 1. The predicted octanol–water partition coefficient (Wildman–Crippen LogP) is 3.21. The summed E-state index contributed by atoms with van der Waals surface area (Å²) >= 11 is 7.68. The molecular formula is C13H11ClN4OS. The summed E-state index contributed by atoms with van der Waals surface area (Å²) in [6, 6.07) is 5.49. The summed E-state index contributed by atoms with van der Waals surface area (Å²) in [5, 5.41) is 10.9. The van der Waals surface area contributed by atoms with Crippen molar-refractivity contribution in [2.45, 2.75) is 22.9 Å². The topological polar surface area (TPSA) is 74.7 Å². The lowest BCUT2D eigenvalue weighted by Crippen LogP contribution is -1.91. The van der Waals surface area contributed by atoms with Gasteiger partial charge in [0.2, 0.25) is 0 Å². The molecule has 0 radical (unpaired) electrons. The third-order valence-corrected chi connectivity index (χ3v) is 4.34. The van der Waals surface area contributed by atoms with Crippen LogP contribution < -0.4 is 0 Å². The third kappa shape index (κ3) is 2.49. The summed E-state index contributed by atoms with van der Waals surface area (Å²) in [6.07, 6.45) is 2.52. The molecular weight excluding hydrogens is 296 g/mol. The molecule has 3 aromatic rings. The molecule has 1 unspecified atom stereocenters. The fourth-order valence-corrected chi connectivity index (χ4v) is 2.94. The Morgan fingerprint density at radius 3 is 2.90 bits per heavy atom. The van der Waals surface area contributed by atoms with Crippen molar-refractivity contribution in [2.24, 2.45) is 0 Å². The van der Waals surface area contributed by atoms with Crippen molar-refractivity contribution in [1.29, 1.82) is 0 Å². The first-order valence-corrected chi connectivity index (χ1v) is 7.14. The molecule has 102 valence electrons. The van der Waals surface area contributed by atoms with Gasteiger partial charge >= 0.3 is 0 Å². The van der Waals surface area contributed by atoms with Gasteiger partial charge < -0.3 is 10.1 Å². The van der Waals surface area contributed by atoms with Gasteiger partial charge in [-0.15, -0.1) is 0 Å². The Hall–Kier alpha value is -1.63. The molecule has 0 aliphatic carbocycles. The maximum Gasteiger partial charge on any atom is 0.181 e. The molecule has 2 heterocycles. The Kier molecular flexibility index (Phi) is 3.60. The maximum atomic E-state index is 9.54. The van der Waals surface area contributed by atoms with E-state index in [0.29, 0.717) is 10.7 Å². The van der Waals surface area contributed by atoms with Gasteiger partial charge in [-0.2, -0.15) is 0 Å². The summed E-state index contributed by atoms with van der Waals surface area (Å²) in [4.78, 5) is 16.3. The van der Waals surface area contributed by atoms with Crippen molar-refractivity contribution in [2.75, 3.05) is 0 Å². The quantitative estimate of drug-likeness (QED) is 0.727. The molecule has 0 fully saturated rings. The van der Waals surface area contributed by atoms with Gasteiger partial charge in [-0.25, -0.2) is 15.0 Å². The third-order valence-electron chi connectivity index (χ3n) is 2.83. The van der Waals surface area contributed by atoms with Crippen LogP contribution in [-0.4, -0.2) is 25.0 Å². The highest BCUT2D eigenvalue weighted by Crippen LogP contribution is 2.35. The number of rotatable bonds is 3. The number of halogens is 1. The highest BCUT2D eigenvalue weighted by Gasteiger charge is 2.11. The van der Waals surface area contributed by atoms with Crippen LogP contribution in [0.1, 0.15) is 18.6 Å². The number of hydrogen-bond donors (Lipinski definition) is 2. The Bertz CT molecular complexity index is 759. The van der Waals surface area contributed by atoms with E-state index in [1.165, 1.54) is 18.1 Å². The first-order chi connectivity index (χ1) is 9.65. The van der Waals surface area contributed by atoms with Gasteiger partial charge in [-0.3, -0.25) is 0 Å². The molecule has 20 heavy (non-hydrogen) atoms. The molecule has 1 aromatic carbocycles. The van der Waals surface area contributed by atoms with E-state index < -0.39 is 6.10 Å². The first-order valence-electron chi connectivity index (χ1n) is 5.94. The zero-order valence-electron chi connectivity index (χ0n) is 10.5. The highest BCUT2D eigenvalue weighted by atomic mass is 35.5. The number of nitrogens with zero attached hydrogens (tertiary/aromatic N) is 3. The number of H-pyrrole nitrogens is 1. The second-order valence-corrected chi connectivity index (χ2v) is 5.69. The van der Waals surface area contributed by atoms with Crippen molar-refractivity contribution in [3.05, 3.63) is 41.4 Å². The summed E-state index contributed by atoms with van der Waals surface area (Å²) < 4.78 is 0. The van der Waals surface area contributed by atoms with Crippen LogP contribution in [-0.2, 0) is 0 Å². The van der Waals surface area contributed by atoms with E-state index in [1.54, 1.807) is 19.3 Å². The second-order valence-electron chi connectivity index (χ2n) is 4.25. The number of aliphatic hydroxyl groups is 1. The normalized spacial score (nSPS) is 12.8. The number of aromatic amines is 1. The van der Waals surface area contributed by atoms with E-state index >= 15 is 0 Å². The maximum absolute atomic E-state index is 9.54. The molecule has 3 rings (SSSR count). The molecule has 0 spiro atoms. The average molecular weight is 307 g/mol. The Balaban J connectivity index is 1.97. The molecule has 2 N–H and O–H groups in total. The molecule has 5 nitrogen and oxygen atoms in total. The van der Waals surface area contributed by atoms with Crippen molar-refractivity contribution in [1.82, 2.24) is 19.9 Å². The molecule has 7 heteroatoms. The minimum absolute atomic E-state index is 0.537. The standard InChI is InChI=1S/C13H11ClN4OS/c1-7(19)8-2-3-10(9(14)4-8)20-13-11-12(16-5-15-11)17-6-18-13/h2-7,19H,1H3,(H,15,16,17,18). The molecule has 0 saturated heterocycles. The lowest BCUT2D eigenvalue weighted by molar-refractivity contribution is 0.199. The number of imidazole rings is 1. The fourth-order valence-electron chi connectivity index (χ4n) is 1.78. The monoisotopic (exact) mass is 306 g/mol. The highest BCUT2D eigenvalue weighted by molar-refractivity contribution is 7.99. The van der Waals surface area contributed by atoms with Crippen LogP contribution in [0.2, 0.25) is 5.02 Å². The largest absolute Gasteiger partial charge is 0.389 e. The van der Waals surface area contributed by atoms with Crippen molar-refractivity contribution in [3.63, 3.8) is 0 Å². The van der Waals surface area contributed by atoms with Gasteiger partial charge in [0.15, 0.2) is 5.65 Å². The summed E-state index contributed by atoms with van der Waals surface area (Å²) in [7, 11) is 0. The van der Waals surface area contributed by atoms with E-state index in [-0.39, 0.29) is 0 Å². The van der Waals surface area contributed by atoms with Crippen molar-refractivity contribution >= 4 is 34.5 Å². The van der Waals surface area contributed by atoms with E-state index in [0.717, 1.165) is 21.0 Å². The summed E-state index contributed by atoms with van der Waals surface area (Å²) in [5.74, 6) is 0. The number of nitrogens with one attached hydrogen (secondary N) is 1. The van der Waals surface area contributed by atoms with Crippen molar-refractivity contribution < 1.29 is 5.11 Å². The number of aromatic nitrogens is 4. The van der Waals surface area contributed by atoms with E-state index in [2.05, 4.69) is 19.9 Å². The van der Waals surface area contributed by atoms with Crippen molar-refractivity contribution in [3.8, 4) is 0 Å². The van der Waals surface area contributed by atoms with Gasteiger partial charge in [0.05, 0.1) is 17.5 Å². The molecule has 1 atom stereocenters. The SMILES string of the molecule is CC(O)c1ccc(Sc2ncnc3nc[nH]c23)c(Cl)c1. The Labute approximate surface area is 124 Å². The summed E-state index contributed by atoms with van der Waals surface area (Å²) in [5.41, 5.74) is 2.20. The number of fused-ring (bicyclic) bond motifs is 1. The van der Waals surface area contributed by atoms with Crippen LogP contribution in [0.3, 0.4) is 0 Å². The van der Waals surface area contributed by atoms with Gasteiger partial charge in [-0.05, 0) is 24.6 Å². The van der Waals surface area contributed by atoms with Gasteiger partial charge in [0, 0.05) is 4.90 Å². The zero-order chi connectivity index (χ0) is 14.1. The van der Waals surface area contributed by atoms with E-state index in [1.807, 2.05) is 12.1 Å².